The first-order chi connectivity index (χ1) is 13.0. The molecule has 2 N–H and O–H groups in total. The van der Waals surface area contributed by atoms with Crippen molar-refractivity contribution in [3.05, 3.63) is 29.8 Å². The van der Waals surface area contributed by atoms with E-state index in [0.717, 1.165) is 30.7 Å². The molecule has 27 heavy (non-hydrogen) atoms. The summed E-state index contributed by atoms with van der Waals surface area (Å²) in [4.78, 5) is 25.8. The molecule has 2 fully saturated rings. The zero-order valence-corrected chi connectivity index (χ0v) is 16.2. The molecule has 0 aliphatic heterocycles. The number of aryl methyl sites for hydroxylation is 1. The molecular formula is C21H30N2O4. The maximum atomic E-state index is 12.6. The highest BCUT2D eigenvalue weighted by Gasteiger charge is 2.38. The first kappa shape index (κ1) is 19.7. The van der Waals surface area contributed by atoms with Crippen molar-refractivity contribution < 1.29 is 19.4 Å². The molecule has 0 spiro atoms. The second-order valence-corrected chi connectivity index (χ2v) is 7.88. The average molecular weight is 374 g/mol. The van der Waals surface area contributed by atoms with E-state index in [9.17, 15) is 9.59 Å². The Hall–Kier alpha value is -2.08. The topological polar surface area (TPSA) is 78.9 Å². The molecule has 0 heterocycles. The van der Waals surface area contributed by atoms with Crippen molar-refractivity contribution in [2.75, 3.05) is 13.1 Å². The number of rotatable bonds is 10. The van der Waals surface area contributed by atoms with Gasteiger partial charge in [-0.05, 0) is 56.6 Å². The monoisotopic (exact) mass is 374 g/mol. The Morgan fingerprint density at radius 2 is 2.00 bits per heavy atom. The lowest BCUT2D eigenvalue weighted by atomic mass is 9.85. The summed E-state index contributed by atoms with van der Waals surface area (Å²) >= 11 is 0. The number of ether oxygens (including phenoxy) is 1. The molecule has 1 aromatic carbocycles. The normalized spacial score (nSPS) is 22.8. The lowest BCUT2D eigenvalue weighted by molar-refractivity contribution is -0.140. The first-order valence-electron chi connectivity index (χ1n) is 9.94. The fourth-order valence-electron chi connectivity index (χ4n) is 3.61. The van der Waals surface area contributed by atoms with Crippen LogP contribution in [-0.4, -0.2) is 53.2 Å². The van der Waals surface area contributed by atoms with E-state index < -0.39 is 12.1 Å². The largest absolute Gasteiger partial charge is 0.480 e. The second kappa shape index (κ2) is 8.74. The Morgan fingerprint density at radius 3 is 2.59 bits per heavy atom. The summed E-state index contributed by atoms with van der Waals surface area (Å²) in [6.07, 6.45) is 4.13. The van der Waals surface area contributed by atoms with Gasteiger partial charge >= 0.3 is 5.97 Å². The lowest BCUT2D eigenvalue weighted by Gasteiger charge is -2.43. The van der Waals surface area contributed by atoms with Crippen molar-refractivity contribution in [3.8, 4) is 5.75 Å². The van der Waals surface area contributed by atoms with Gasteiger partial charge < -0.3 is 15.2 Å². The fraction of sp³-hybridized carbons (Fsp3) is 0.619. The summed E-state index contributed by atoms with van der Waals surface area (Å²) in [6.45, 7) is 4.87. The van der Waals surface area contributed by atoms with E-state index in [1.807, 2.05) is 38.1 Å². The third-order valence-electron chi connectivity index (χ3n) is 5.53. The van der Waals surface area contributed by atoms with Gasteiger partial charge in [-0.2, -0.15) is 0 Å². The van der Waals surface area contributed by atoms with Gasteiger partial charge in [0, 0.05) is 18.6 Å². The van der Waals surface area contributed by atoms with Crippen LogP contribution in [0.5, 0.6) is 5.75 Å². The summed E-state index contributed by atoms with van der Waals surface area (Å²) < 4.78 is 5.91. The van der Waals surface area contributed by atoms with Crippen LogP contribution in [0.25, 0.3) is 0 Å². The smallest absolute Gasteiger partial charge is 0.317 e. The fourth-order valence-corrected chi connectivity index (χ4v) is 3.61. The van der Waals surface area contributed by atoms with Crippen molar-refractivity contribution in [2.24, 2.45) is 5.92 Å². The second-order valence-electron chi connectivity index (χ2n) is 7.88. The number of para-hydroxylation sites is 1. The molecule has 6 nitrogen and oxygen atoms in total. The molecule has 6 heteroatoms. The quantitative estimate of drug-likeness (QED) is 0.658. The molecule has 1 aromatic rings. The van der Waals surface area contributed by atoms with Gasteiger partial charge in [0.2, 0.25) is 0 Å². The molecule has 1 atom stereocenters. The molecule has 2 saturated carbocycles. The Bertz CT molecular complexity index is 668. The maximum absolute atomic E-state index is 12.6. The Labute approximate surface area is 160 Å². The van der Waals surface area contributed by atoms with Gasteiger partial charge in [0.1, 0.15) is 5.75 Å². The van der Waals surface area contributed by atoms with Crippen LogP contribution >= 0.6 is 0 Å². The zero-order valence-electron chi connectivity index (χ0n) is 16.2. The van der Waals surface area contributed by atoms with E-state index >= 15 is 0 Å². The van der Waals surface area contributed by atoms with Gasteiger partial charge in [0.05, 0.1) is 6.54 Å². The van der Waals surface area contributed by atoms with Crippen molar-refractivity contribution >= 4 is 11.9 Å². The minimum atomic E-state index is -0.777. The van der Waals surface area contributed by atoms with Crippen molar-refractivity contribution in [1.29, 1.82) is 0 Å². The Morgan fingerprint density at radius 1 is 1.30 bits per heavy atom. The summed E-state index contributed by atoms with van der Waals surface area (Å²) in [6, 6.07) is 8.05. The van der Waals surface area contributed by atoms with Crippen LogP contribution in [0.15, 0.2) is 24.3 Å². The third-order valence-corrected chi connectivity index (χ3v) is 5.53. The molecule has 3 rings (SSSR count). The molecular weight excluding hydrogens is 344 g/mol. The molecule has 2 aliphatic carbocycles. The number of nitrogens with zero attached hydrogens (tertiary/aromatic N) is 1. The molecule has 0 bridgehead atoms. The molecule has 1 unspecified atom stereocenters. The van der Waals surface area contributed by atoms with Gasteiger partial charge in [-0.25, -0.2) is 0 Å². The first-order valence-corrected chi connectivity index (χ1v) is 9.94. The number of nitrogens with one attached hydrogen (secondary N) is 1. The molecule has 0 aromatic heterocycles. The van der Waals surface area contributed by atoms with Crippen molar-refractivity contribution in [3.63, 3.8) is 0 Å². The highest BCUT2D eigenvalue weighted by atomic mass is 16.5. The number of hydrogen-bond acceptors (Lipinski definition) is 4. The number of carboxylic acids is 1. The highest BCUT2D eigenvalue weighted by molar-refractivity contribution is 5.81. The standard InChI is InChI=1S/C21H30N2O4/c1-3-18(27-19-7-5-4-6-14(19)2)21(26)22-16-10-17(11-16)23(13-20(24)25)12-15-8-9-15/h4-7,15-18H,3,8-13H2,1-2H3,(H,22,26)(H,24,25). The molecule has 1 amide bonds. The number of carbonyl (C=O) groups excluding carboxylic acids is 1. The van der Waals surface area contributed by atoms with Gasteiger partial charge in [-0.1, -0.05) is 25.1 Å². The van der Waals surface area contributed by atoms with Crippen LogP contribution in [-0.2, 0) is 9.59 Å². The number of benzene rings is 1. The predicted octanol–water partition coefficient (Wildman–Crippen LogP) is 2.60. The Balaban J connectivity index is 1.48. The maximum Gasteiger partial charge on any atom is 0.317 e. The molecule has 0 radical (unpaired) electrons. The minimum absolute atomic E-state index is 0.0869. The number of aliphatic carboxylic acids is 1. The molecule has 148 valence electrons. The van der Waals surface area contributed by atoms with Gasteiger partial charge in [-0.15, -0.1) is 0 Å². The number of hydrogen-bond donors (Lipinski definition) is 2. The SMILES string of the molecule is CCC(Oc1ccccc1C)C(=O)NC1CC(N(CC(=O)O)CC2CC2)C1. The summed E-state index contributed by atoms with van der Waals surface area (Å²) in [5.41, 5.74) is 1.01. The lowest BCUT2D eigenvalue weighted by Crippen LogP contribution is -2.57. The summed E-state index contributed by atoms with van der Waals surface area (Å²) in [5.74, 6) is 0.532. The van der Waals surface area contributed by atoms with Crippen LogP contribution in [0, 0.1) is 12.8 Å². The van der Waals surface area contributed by atoms with Crippen molar-refractivity contribution in [1.82, 2.24) is 10.2 Å². The van der Waals surface area contributed by atoms with Crippen LogP contribution in [0.2, 0.25) is 0 Å². The van der Waals surface area contributed by atoms with Crippen LogP contribution in [0.1, 0.15) is 44.6 Å². The number of carbonyl (C=O) groups is 2. The van der Waals surface area contributed by atoms with E-state index in [2.05, 4.69) is 10.2 Å². The van der Waals surface area contributed by atoms with Crippen LogP contribution in [0.4, 0.5) is 0 Å². The van der Waals surface area contributed by atoms with E-state index in [1.54, 1.807) is 0 Å². The van der Waals surface area contributed by atoms with Crippen LogP contribution < -0.4 is 10.1 Å². The predicted molar refractivity (Wildman–Crippen MR) is 103 cm³/mol. The summed E-state index contributed by atoms with van der Waals surface area (Å²) in [7, 11) is 0. The van der Waals surface area contributed by atoms with E-state index in [1.165, 1.54) is 12.8 Å². The average Bonchev–Trinajstić information content (AvgIpc) is 3.40. The number of amides is 1. The van der Waals surface area contributed by atoms with E-state index in [-0.39, 0.29) is 24.5 Å². The van der Waals surface area contributed by atoms with Gasteiger partial charge in [0.25, 0.3) is 5.91 Å². The third kappa shape index (κ3) is 5.45. The Kier molecular flexibility index (Phi) is 6.37. The van der Waals surface area contributed by atoms with E-state index in [0.29, 0.717) is 12.3 Å². The summed E-state index contributed by atoms with van der Waals surface area (Å²) in [5, 5.41) is 12.2. The molecule has 0 saturated heterocycles. The van der Waals surface area contributed by atoms with E-state index in [4.69, 9.17) is 9.84 Å². The number of carboxylic acid groups (broad SMARTS) is 1. The zero-order chi connectivity index (χ0) is 19.4. The van der Waals surface area contributed by atoms with Gasteiger partial charge in [-0.3, -0.25) is 14.5 Å². The van der Waals surface area contributed by atoms with Crippen LogP contribution in [0.3, 0.4) is 0 Å². The minimum Gasteiger partial charge on any atom is -0.480 e. The van der Waals surface area contributed by atoms with Gasteiger partial charge in [0.15, 0.2) is 6.10 Å². The van der Waals surface area contributed by atoms with Crippen molar-refractivity contribution in [2.45, 2.75) is 64.1 Å². The highest BCUT2D eigenvalue weighted by Crippen LogP contribution is 2.33. The molecule has 2 aliphatic rings.